The average molecular weight is 294 g/mol. The van der Waals surface area contributed by atoms with Crippen LogP contribution in [0.15, 0.2) is 42.5 Å². The lowest BCUT2D eigenvalue weighted by Gasteiger charge is -2.44. The summed E-state index contributed by atoms with van der Waals surface area (Å²) in [4.78, 5) is 0. The third-order valence-corrected chi connectivity index (χ3v) is 4.17. The Hall–Kier alpha value is -1.45. The summed E-state index contributed by atoms with van der Waals surface area (Å²) in [7, 11) is 0. The van der Waals surface area contributed by atoms with E-state index in [0.29, 0.717) is 17.0 Å². The van der Waals surface area contributed by atoms with E-state index in [2.05, 4.69) is 5.32 Å². The van der Waals surface area contributed by atoms with Gasteiger partial charge in [0.2, 0.25) is 0 Å². The highest BCUT2D eigenvalue weighted by atomic mass is 35.5. The van der Waals surface area contributed by atoms with Crippen LogP contribution in [0.4, 0.5) is 8.78 Å². The van der Waals surface area contributed by atoms with Gasteiger partial charge < -0.3 is 5.32 Å². The SMILES string of the molecule is Fc1cc(F)cc(CC2(c3ccccc3Cl)CNC2)c1. The molecule has 4 heteroatoms. The molecular weight excluding hydrogens is 280 g/mol. The van der Waals surface area contributed by atoms with Gasteiger partial charge in [-0.15, -0.1) is 0 Å². The van der Waals surface area contributed by atoms with Crippen LogP contribution in [0.5, 0.6) is 0 Å². The standard InChI is InChI=1S/C16H14ClF2N/c17-15-4-2-1-3-14(15)16(9-20-10-16)8-11-5-12(18)7-13(19)6-11/h1-7,20H,8-10H2. The van der Waals surface area contributed by atoms with Crippen LogP contribution in [0.1, 0.15) is 11.1 Å². The summed E-state index contributed by atoms with van der Waals surface area (Å²) in [6, 6.07) is 11.3. The first kappa shape index (κ1) is 13.5. The minimum atomic E-state index is -0.540. The lowest BCUT2D eigenvalue weighted by molar-refractivity contribution is 0.274. The number of hydrogen-bond donors (Lipinski definition) is 1. The average Bonchev–Trinajstić information content (AvgIpc) is 2.34. The second-order valence-electron chi connectivity index (χ2n) is 5.32. The van der Waals surface area contributed by atoms with Crippen LogP contribution < -0.4 is 5.32 Å². The molecule has 1 N–H and O–H groups in total. The Morgan fingerprint density at radius 1 is 1.05 bits per heavy atom. The van der Waals surface area contributed by atoms with Gasteiger partial charge in [0.25, 0.3) is 0 Å². The Balaban J connectivity index is 1.96. The lowest BCUT2D eigenvalue weighted by atomic mass is 9.71. The molecule has 3 rings (SSSR count). The lowest BCUT2D eigenvalue weighted by Crippen LogP contribution is -2.58. The van der Waals surface area contributed by atoms with Gasteiger partial charge in [-0.2, -0.15) is 0 Å². The van der Waals surface area contributed by atoms with Crippen molar-refractivity contribution >= 4 is 11.6 Å². The van der Waals surface area contributed by atoms with Crippen molar-refractivity contribution in [3.63, 3.8) is 0 Å². The highest BCUT2D eigenvalue weighted by Crippen LogP contribution is 2.36. The molecule has 0 aromatic heterocycles. The molecule has 0 spiro atoms. The van der Waals surface area contributed by atoms with Gasteiger partial charge in [-0.05, 0) is 35.7 Å². The quantitative estimate of drug-likeness (QED) is 0.910. The minimum Gasteiger partial charge on any atom is -0.315 e. The Bertz CT molecular complexity index is 618. The van der Waals surface area contributed by atoms with Crippen molar-refractivity contribution in [3.8, 4) is 0 Å². The summed E-state index contributed by atoms with van der Waals surface area (Å²) in [5.74, 6) is -1.08. The van der Waals surface area contributed by atoms with E-state index in [9.17, 15) is 8.78 Å². The van der Waals surface area contributed by atoms with Crippen molar-refractivity contribution in [2.45, 2.75) is 11.8 Å². The molecule has 0 aliphatic carbocycles. The molecule has 1 aliphatic rings. The van der Waals surface area contributed by atoms with Crippen LogP contribution in [0.25, 0.3) is 0 Å². The van der Waals surface area contributed by atoms with E-state index in [-0.39, 0.29) is 5.41 Å². The first-order valence-corrected chi connectivity index (χ1v) is 6.88. The summed E-state index contributed by atoms with van der Waals surface area (Å²) in [5.41, 5.74) is 1.51. The molecule has 104 valence electrons. The number of rotatable bonds is 3. The Labute approximate surface area is 121 Å². The van der Waals surface area contributed by atoms with E-state index >= 15 is 0 Å². The zero-order valence-electron chi connectivity index (χ0n) is 10.8. The molecule has 2 aromatic rings. The molecule has 1 heterocycles. The van der Waals surface area contributed by atoms with Crippen LogP contribution in [0, 0.1) is 11.6 Å². The van der Waals surface area contributed by atoms with Gasteiger partial charge in [-0.25, -0.2) is 8.78 Å². The van der Waals surface area contributed by atoms with Crippen molar-refractivity contribution in [2.75, 3.05) is 13.1 Å². The molecule has 1 aliphatic heterocycles. The number of hydrogen-bond acceptors (Lipinski definition) is 1. The van der Waals surface area contributed by atoms with E-state index in [1.807, 2.05) is 24.3 Å². The third-order valence-electron chi connectivity index (χ3n) is 3.84. The Morgan fingerprint density at radius 2 is 1.70 bits per heavy atom. The van der Waals surface area contributed by atoms with Crippen molar-refractivity contribution in [1.82, 2.24) is 5.32 Å². The molecule has 0 atom stereocenters. The van der Waals surface area contributed by atoms with Crippen LogP contribution in [-0.2, 0) is 11.8 Å². The van der Waals surface area contributed by atoms with E-state index in [4.69, 9.17) is 11.6 Å². The van der Waals surface area contributed by atoms with E-state index in [0.717, 1.165) is 24.7 Å². The fraction of sp³-hybridized carbons (Fsp3) is 0.250. The summed E-state index contributed by atoms with van der Waals surface area (Å²) < 4.78 is 26.7. The third kappa shape index (κ3) is 2.43. The van der Waals surface area contributed by atoms with Gasteiger partial charge in [0.1, 0.15) is 11.6 Å². The molecule has 0 saturated carbocycles. The number of halogens is 3. The van der Waals surface area contributed by atoms with Gasteiger partial charge in [-0.3, -0.25) is 0 Å². The fourth-order valence-corrected chi connectivity index (χ4v) is 3.17. The van der Waals surface area contributed by atoms with E-state index in [1.165, 1.54) is 12.1 Å². The fourth-order valence-electron chi connectivity index (χ4n) is 2.83. The van der Waals surface area contributed by atoms with E-state index in [1.54, 1.807) is 0 Å². The predicted molar refractivity (Wildman–Crippen MR) is 76.1 cm³/mol. The van der Waals surface area contributed by atoms with Crippen LogP contribution in [0.3, 0.4) is 0 Å². The normalized spacial score (nSPS) is 16.8. The highest BCUT2D eigenvalue weighted by Gasteiger charge is 2.40. The van der Waals surface area contributed by atoms with Crippen molar-refractivity contribution < 1.29 is 8.78 Å². The molecule has 0 amide bonds. The minimum absolute atomic E-state index is 0.182. The molecule has 1 saturated heterocycles. The summed E-state index contributed by atoms with van der Waals surface area (Å²) in [6.07, 6.45) is 0.568. The van der Waals surface area contributed by atoms with Crippen LogP contribution >= 0.6 is 11.6 Å². The zero-order valence-corrected chi connectivity index (χ0v) is 11.6. The van der Waals surface area contributed by atoms with Crippen molar-refractivity contribution in [3.05, 3.63) is 70.2 Å². The maximum absolute atomic E-state index is 13.3. The molecular formula is C16H14ClF2N. The van der Waals surface area contributed by atoms with Gasteiger partial charge >= 0.3 is 0 Å². The zero-order chi connectivity index (χ0) is 14.2. The van der Waals surface area contributed by atoms with Gasteiger partial charge in [0, 0.05) is 29.6 Å². The smallest absolute Gasteiger partial charge is 0.126 e. The first-order chi connectivity index (χ1) is 9.59. The maximum atomic E-state index is 13.3. The first-order valence-electron chi connectivity index (χ1n) is 6.50. The monoisotopic (exact) mass is 293 g/mol. The summed E-state index contributed by atoms with van der Waals surface area (Å²) >= 11 is 6.27. The topological polar surface area (TPSA) is 12.0 Å². The molecule has 0 unspecified atom stereocenters. The molecule has 2 aromatic carbocycles. The molecule has 1 nitrogen and oxygen atoms in total. The molecule has 1 fully saturated rings. The molecule has 0 bridgehead atoms. The second-order valence-corrected chi connectivity index (χ2v) is 5.73. The number of benzene rings is 2. The maximum Gasteiger partial charge on any atom is 0.126 e. The molecule has 20 heavy (non-hydrogen) atoms. The van der Waals surface area contributed by atoms with Crippen molar-refractivity contribution in [2.24, 2.45) is 0 Å². The Kier molecular flexibility index (Phi) is 3.48. The second kappa shape index (κ2) is 5.15. The summed E-state index contributed by atoms with van der Waals surface area (Å²) in [5, 5.41) is 3.93. The molecule has 0 radical (unpaired) electrons. The van der Waals surface area contributed by atoms with Crippen LogP contribution in [0.2, 0.25) is 5.02 Å². The van der Waals surface area contributed by atoms with Gasteiger partial charge in [0.05, 0.1) is 0 Å². The van der Waals surface area contributed by atoms with Crippen LogP contribution in [-0.4, -0.2) is 13.1 Å². The largest absolute Gasteiger partial charge is 0.315 e. The van der Waals surface area contributed by atoms with Gasteiger partial charge in [-0.1, -0.05) is 29.8 Å². The number of nitrogens with one attached hydrogen (secondary N) is 1. The summed E-state index contributed by atoms with van der Waals surface area (Å²) in [6.45, 7) is 1.52. The Morgan fingerprint density at radius 3 is 2.25 bits per heavy atom. The highest BCUT2D eigenvalue weighted by molar-refractivity contribution is 6.31. The predicted octanol–water partition coefficient (Wildman–Crippen LogP) is 3.70. The van der Waals surface area contributed by atoms with Gasteiger partial charge in [0.15, 0.2) is 0 Å². The van der Waals surface area contributed by atoms with Crippen molar-refractivity contribution in [1.29, 1.82) is 0 Å². The van der Waals surface area contributed by atoms with E-state index < -0.39 is 11.6 Å².